The van der Waals surface area contributed by atoms with Gasteiger partial charge in [0, 0.05) is 60.0 Å². The molecule has 2 atom stereocenters. The van der Waals surface area contributed by atoms with E-state index in [2.05, 4.69) is 16.0 Å². The molecular formula is C49H49ClN6O11S2. The fraction of sp³-hybridized carbons (Fsp3) is 0.347. The second-order valence-electron chi connectivity index (χ2n) is 18.4. The number of sulfonamides is 1. The molecule has 0 spiro atoms. The lowest BCUT2D eigenvalue weighted by molar-refractivity contribution is -0.139. The van der Waals surface area contributed by atoms with Crippen LogP contribution in [0.3, 0.4) is 0 Å². The van der Waals surface area contributed by atoms with E-state index in [-0.39, 0.29) is 70.6 Å². The average Bonchev–Trinajstić information content (AvgIpc) is 3.78. The van der Waals surface area contributed by atoms with Crippen LogP contribution >= 0.6 is 22.9 Å². The lowest BCUT2D eigenvalue weighted by Gasteiger charge is -2.45. The van der Waals surface area contributed by atoms with Gasteiger partial charge in [0.05, 0.1) is 16.3 Å². The zero-order valence-corrected chi connectivity index (χ0v) is 40.0. The van der Waals surface area contributed by atoms with E-state index >= 15 is 0 Å². The Bertz CT molecular complexity index is 3060. The Morgan fingerprint density at radius 2 is 1.65 bits per heavy atom. The van der Waals surface area contributed by atoms with Gasteiger partial charge in [-0.15, -0.1) is 11.3 Å². The molecule has 5 N–H and O–H groups in total. The Kier molecular flexibility index (Phi) is 12.9. The molecule has 3 fully saturated rings. The minimum atomic E-state index is -3.82. The molecule has 0 radical (unpaired) electrons. The topological polar surface area (TPSA) is 232 Å². The summed E-state index contributed by atoms with van der Waals surface area (Å²) < 4.78 is 34.9. The number of anilines is 3. The molecule has 1 aromatic heterocycles. The monoisotopic (exact) mass is 996 g/mol. The first-order valence-corrected chi connectivity index (χ1v) is 25.3. The zero-order chi connectivity index (χ0) is 48.9. The van der Waals surface area contributed by atoms with Gasteiger partial charge in [-0.1, -0.05) is 54.1 Å². The number of nitrogens with zero attached hydrogens (tertiary/aromatic N) is 3. The minimum Gasteiger partial charge on any atom is -0.479 e. The number of hydrogen-bond donors (Lipinski definition) is 5. The molecule has 1 unspecified atom stereocenters. The number of piperidine rings is 3. The Balaban J connectivity index is 0.803. The van der Waals surface area contributed by atoms with Crippen molar-refractivity contribution in [1.29, 1.82) is 0 Å². The quantitative estimate of drug-likeness (QED) is 0.0713. The van der Waals surface area contributed by atoms with Crippen LogP contribution in [0.25, 0.3) is 21.2 Å². The van der Waals surface area contributed by atoms with E-state index < -0.39 is 46.1 Å². The molecule has 360 valence electrons. The Morgan fingerprint density at radius 1 is 0.913 bits per heavy atom. The molecule has 5 aromatic rings. The number of carboxylic acids is 2. The van der Waals surface area contributed by atoms with Crippen LogP contribution < -0.4 is 25.6 Å². The normalized spacial score (nSPS) is 19.7. The first-order valence-electron chi connectivity index (χ1n) is 22.5. The number of benzene rings is 4. The van der Waals surface area contributed by atoms with Crippen molar-refractivity contribution in [3.63, 3.8) is 0 Å². The largest absolute Gasteiger partial charge is 0.479 e. The summed E-state index contributed by atoms with van der Waals surface area (Å²) in [7, 11) is -3.82. The third kappa shape index (κ3) is 9.47. The number of urea groups is 1. The van der Waals surface area contributed by atoms with Crippen molar-refractivity contribution < 1.29 is 52.1 Å². The van der Waals surface area contributed by atoms with Crippen molar-refractivity contribution >= 4 is 96.5 Å². The van der Waals surface area contributed by atoms with Crippen molar-refractivity contribution in [3.05, 3.63) is 105 Å². The number of carboxylic acid groups (broad SMARTS) is 2. The highest BCUT2D eigenvalue weighted by Crippen LogP contribution is 2.47. The molecule has 0 saturated carbocycles. The summed E-state index contributed by atoms with van der Waals surface area (Å²) in [6.45, 7) is 4.22. The number of imide groups is 1. The molecule has 17 nitrogen and oxygen atoms in total. The van der Waals surface area contributed by atoms with Crippen molar-refractivity contribution in [2.24, 2.45) is 0 Å². The van der Waals surface area contributed by atoms with Gasteiger partial charge in [0.1, 0.15) is 11.1 Å². The van der Waals surface area contributed by atoms with Crippen LogP contribution in [0.5, 0.6) is 5.75 Å². The highest BCUT2D eigenvalue weighted by molar-refractivity contribution is 7.88. The van der Waals surface area contributed by atoms with Gasteiger partial charge in [-0.25, -0.2) is 22.8 Å². The van der Waals surface area contributed by atoms with Gasteiger partial charge in [-0.05, 0) is 110 Å². The molecule has 0 aliphatic carbocycles. The molecule has 0 bridgehead atoms. The number of aliphatic carboxylic acids is 1. The third-order valence-corrected chi connectivity index (χ3v) is 17.0. The second kappa shape index (κ2) is 18.8. The lowest BCUT2D eigenvalue weighted by Crippen LogP contribution is -2.55. The van der Waals surface area contributed by atoms with Crippen molar-refractivity contribution in [1.82, 2.24) is 14.5 Å². The number of rotatable bonds is 13. The minimum absolute atomic E-state index is 0.00340. The first kappa shape index (κ1) is 47.5. The zero-order valence-electron chi connectivity index (χ0n) is 37.6. The van der Waals surface area contributed by atoms with Crippen LogP contribution in [0, 0.1) is 0 Å². The molecular weight excluding hydrogens is 948 g/mol. The van der Waals surface area contributed by atoms with Gasteiger partial charge in [0.15, 0.2) is 17.2 Å². The number of likely N-dealkylation sites (tertiary alicyclic amines) is 1. The van der Waals surface area contributed by atoms with Crippen LogP contribution in [0.15, 0.2) is 78.9 Å². The summed E-state index contributed by atoms with van der Waals surface area (Å²) in [5, 5.41) is 29.3. The van der Waals surface area contributed by atoms with Crippen molar-refractivity contribution in [2.45, 2.75) is 81.7 Å². The molecule has 5 heterocycles. The maximum atomic E-state index is 14.1. The van der Waals surface area contributed by atoms with E-state index in [1.165, 1.54) is 9.21 Å². The number of ether oxygens (including phenoxy) is 1. The standard InChI is InChI=1S/C49H49ClN6O11S2/c1-49(2)24-32(51-31-9-4-7-29(23-31)43-41(50)42(67-25-39(58)59)44(68-43)47(62)63)18-21-55(49)69(65,66)26-27-6-3-8-30(22-27)52-48(64)54-19-16-28(17-20-54)33-12-13-36-40-34(33)10-5-11-35(40)46(61)56(36)37-14-15-38(57)53-45(37)60/h3-13,22-23,28,32,37,51H,14-21,24-26H2,1-2H3,(H,52,64)(H,58,59)(H,62,63)(H,53,57,60)/t32-,37?/m0/s1. The maximum Gasteiger partial charge on any atom is 0.349 e. The van der Waals surface area contributed by atoms with Gasteiger partial charge in [0.25, 0.3) is 5.91 Å². The van der Waals surface area contributed by atoms with Gasteiger partial charge >= 0.3 is 18.0 Å². The number of thiophene rings is 1. The van der Waals surface area contributed by atoms with Gasteiger partial charge in [-0.3, -0.25) is 24.6 Å². The summed E-state index contributed by atoms with van der Waals surface area (Å²) >= 11 is 7.41. The van der Waals surface area contributed by atoms with Crippen LogP contribution in [-0.4, -0.2) is 107 Å². The summed E-state index contributed by atoms with van der Waals surface area (Å²) in [5.74, 6) is -4.02. The number of carbonyl (C=O) groups excluding carboxylic acids is 4. The molecule has 4 aliphatic rings. The third-order valence-electron chi connectivity index (χ3n) is 13.3. The second-order valence-corrected chi connectivity index (χ2v) is 21.7. The predicted molar refractivity (Wildman–Crippen MR) is 261 cm³/mol. The molecule has 5 amide bonds. The number of amides is 5. The van der Waals surface area contributed by atoms with Crippen LogP contribution in [0.2, 0.25) is 5.02 Å². The maximum absolute atomic E-state index is 14.1. The molecule has 3 saturated heterocycles. The molecule has 20 heteroatoms. The highest BCUT2D eigenvalue weighted by Gasteiger charge is 2.43. The van der Waals surface area contributed by atoms with Gasteiger partial charge in [0.2, 0.25) is 21.8 Å². The van der Waals surface area contributed by atoms with E-state index in [1.54, 1.807) is 53.4 Å². The summed E-state index contributed by atoms with van der Waals surface area (Å²) in [6, 6.07) is 22.4. The van der Waals surface area contributed by atoms with Crippen LogP contribution in [0.1, 0.15) is 89.4 Å². The predicted octanol–water partition coefficient (Wildman–Crippen LogP) is 7.75. The SMILES string of the molecule is CC1(C)C[C@@H](Nc2cccc(-c3sc(C(=O)O)c(OCC(=O)O)c3Cl)c2)CCN1S(=O)(=O)Cc1cccc(NC(=O)N2CCC(c3ccc4c5c(cccc35)C(=O)N4C3CCC(=O)NC3=O)CC2)c1. The smallest absolute Gasteiger partial charge is 0.349 e. The van der Waals surface area contributed by atoms with E-state index in [4.69, 9.17) is 21.4 Å². The Labute approximate surface area is 406 Å². The summed E-state index contributed by atoms with van der Waals surface area (Å²) in [5.41, 5.74) is 3.78. The average molecular weight is 998 g/mol. The number of halogens is 1. The molecule has 4 aromatic carbocycles. The molecule has 69 heavy (non-hydrogen) atoms. The van der Waals surface area contributed by atoms with Gasteiger partial charge < -0.3 is 30.5 Å². The Morgan fingerprint density at radius 3 is 2.38 bits per heavy atom. The number of aromatic carboxylic acids is 1. The van der Waals surface area contributed by atoms with E-state index in [1.807, 2.05) is 44.2 Å². The number of carbonyl (C=O) groups is 6. The van der Waals surface area contributed by atoms with E-state index in [0.717, 1.165) is 27.7 Å². The number of nitrogens with one attached hydrogen (secondary N) is 3. The summed E-state index contributed by atoms with van der Waals surface area (Å²) in [4.78, 5) is 78.4. The van der Waals surface area contributed by atoms with E-state index in [0.29, 0.717) is 77.4 Å². The molecule has 4 aliphatic heterocycles. The van der Waals surface area contributed by atoms with Crippen LogP contribution in [-0.2, 0) is 30.2 Å². The van der Waals surface area contributed by atoms with E-state index in [9.17, 15) is 42.3 Å². The van der Waals surface area contributed by atoms with Gasteiger partial charge in [-0.2, -0.15) is 4.31 Å². The molecule has 9 rings (SSSR count). The fourth-order valence-corrected chi connectivity index (χ4v) is 13.6. The van der Waals surface area contributed by atoms with Crippen LogP contribution in [0.4, 0.5) is 21.9 Å². The fourth-order valence-electron chi connectivity index (χ4n) is 10.2. The lowest BCUT2D eigenvalue weighted by atomic mass is 9.85. The highest BCUT2D eigenvalue weighted by atomic mass is 35.5. The number of hydrogen-bond acceptors (Lipinski definition) is 11. The van der Waals surface area contributed by atoms with Crippen molar-refractivity contribution in [3.8, 4) is 16.2 Å². The summed E-state index contributed by atoms with van der Waals surface area (Å²) in [6.07, 6.45) is 2.75. The first-order chi connectivity index (χ1) is 32.9. The van der Waals surface area contributed by atoms with Crippen molar-refractivity contribution in [2.75, 3.05) is 41.8 Å². The Hall–Kier alpha value is -6.54.